The van der Waals surface area contributed by atoms with Gasteiger partial charge >= 0.3 is 5.97 Å². The molecule has 1 fully saturated rings. The van der Waals surface area contributed by atoms with Gasteiger partial charge in [0.05, 0.1) is 0 Å². The first-order chi connectivity index (χ1) is 8.74. The Morgan fingerprint density at radius 3 is 2.83 bits per heavy atom. The second-order valence-corrected chi connectivity index (χ2v) is 4.32. The SMILES string of the molecule is O=C(O)CN(c1ccc2nccnc2n1)C1CC1. The smallest absolute Gasteiger partial charge is 0.323 e. The third-order valence-corrected chi connectivity index (χ3v) is 2.90. The van der Waals surface area contributed by atoms with E-state index in [9.17, 15) is 4.79 Å². The summed E-state index contributed by atoms with van der Waals surface area (Å²) < 4.78 is 0. The number of aliphatic carboxylic acids is 1. The third kappa shape index (κ3) is 2.09. The molecular weight excluding hydrogens is 232 g/mol. The van der Waals surface area contributed by atoms with Crippen LogP contribution in [0.5, 0.6) is 0 Å². The highest BCUT2D eigenvalue weighted by Gasteiger charge is 2.31. The van der Waals surface area contributed by atoms with E-state index in [0.29, 0.717) is 23.0 Å². The summed E-state index contributed by atoms with van der Waals surface area (Å²) in [6.07, 6.45) is 5.23. The van der Waals surface area contributed by atoms with Gasteiger partial charge in [-0.15, -0.1) is 0 Å². The number of rotatable bonds is 4. The van der Waals surface area contributed by atoms with Crippen molar-refractivity contribution in [2.45, 2.75) is 18.9 Å². The molecule has 6 nitrogen and oxygen atoms in total. The maximum atomic E-state index is 10.9. The van der Waals surface area contributed by atoms with Crippen molar-refractivity contribution < 1.29 is 9.90 Å². The predicted molar refractivity (Wildman–Crippen MR) is 65.3 cm³/mol. The van der Waals surface area contributed by atoms with Crippen LogP contribution in [0.15, 0.2) is 24.5 Å². The lowest BCUT2D eigenvalue weighted by atomic mass is 10.3. The van der Waals surface area contributed by atoms with E-state index in [-0.39, 0.29) is 6.54 Å². The van der Waals surface area contributed by atoms with Crippen LogP contribution in [0.25, 0.3) is 11.2 Å². The van der Waals surface area contributed by atoms with Crippen LogP contribution in [0.4, 0.5) is 5.82 Å². The Morgan fingerprint density at radius 2 is 2.11 bits per heavy atom. The minimum absolute atomic E-state index is 0.0244. The topological polar surface area (TPSA) is 79.2 Å². The van der Waals surface area contributed by atoms with E-state index < -0.39 is 5.97 Å². The van der Waals surface area contributed by atoms with Gasteiger partial charge in [-0.25, -0.2) is 9.97 Å². The predicted octanol–water partition coefficient (Wildman–Crippen LogP) is 1.08. The zero-order valence-corrected chi connectivity index (χ0v) is 9.65. The zero-order chi connectivity index (χ0) is 12.5. The molecule has 6 heteroatoms. The van der Waals surface area contributed by atoms with Gasteiger partial charge in [0.25, 0.3) is 0 Å². The Labute approximate surface area is 103 Å². The van der Waals surface area contributed by atoms with E-state index in [4.69, 9.17) is 5.11 Å². The van der Waals surface area contributed by atoms with Crippen LogP contribution in [0.3, 0.4) is 0 Å². The molecule has 1 aliphatic rings. The number of hydrogen-bond donors (Lipinski definition) is 1. The van der Waals surface area contributed by atoms with Crippen LogP contribution < -0.4 is 4.90 Å². The molecule has 0 bridgehead atoms. The molecule has 0 atom stereocenters. The van der Waals surface area contributed by atoms with Gasteiger partial charge in [-0.2, -0.15) is 0 Å². The van der Waals surface area contributed by atoms with Gasteiger partial charge in [-0.1, -0.05) is 0 Å². The first-order valence-corrected chi connectivity index (χ1v) is 5.80. The number of carboxylic acids is 1. The highest BCUT2D eigenvalue weighted by molar-refractivity contribution is 5.76. The fourth-order valence-electron chi connectivity index (χ4n) is 1.93. The summed E-state index contributed by atoms with van der Waals surface area (Å²) in [4.78, 5) is 25.4. The monoisotopic (exact) mass is 244 g/mol. The molecule has 3 rings (SSSR count). The molecule has 0 unspecified atom stereocenters. The van der Waals surface area contributed by atoms with E-state index in [1.54, 1.807) is 18.5 Å². The van der Waals surface area contributed by atoms with Crippen LogP contribution in [-0.2, 0) is 4.79 Å². The fraction of sp³-hybridized carbons (Fsp3) is 0.333. The molecule has 2 aromatic rings. The maximum absolute atomic E-state index is 10.9. The van der Waals surface area contributed by atoms with Crippen molar-refractivity contribution in [3.8, 4) is 0 Å². The Morgan fingerprint density at radius 1 is 1.33 bits per heavy atom. The normalized spacial score (nSPS) is 14.7. The number of pyridine rings is 1. The average molecular weight is 244 g/mol. The van der Waals surface area contributed by atoms with Gasteiger partial charge in [0.15, 0.2) is 5.65 Å². The zero-order valence-electron chi connectivity index (χ0n) is 9.65. The summed E-state index contributed by atoms with van der Waals surface area (Å²) in [7, 11) is 0. The van der Waals surface area contributed by atoms with Gasteiger partial charge in [-0.05, 0) is 25.0 Å². The van der Waals surface area contributed by atoms with Crippen LogP contribution >= 0.6 is 0 Å². The average Bonchev–Trinajstić information content (AvgIpc) is 3.19. The molecule has 1 aliphatic carbocycles. The minimum atomic E-state index is -0.844. The maximum Gasteiger partial charge on any atom is 0.323 e. The summed E-state index contributed by atoms with van der Waals surface area (Å²) in [5, 5.41) is 8.94. The molecule has 1 N–H and O–H groups in total. The summed E-state index contributed by atoms with van der Waals surface area (Å²) in [6.45, 7) is -0.0244. The molecule has 2 heterocycles. The first-order valence-electron chi connectivity index (χ1n) is 5.80. The van der Waals surface area contributed by atoms with Gasteiger partial charge < -0.3 is 10.0 Å². The lowest BCUT2D eigenvalue weighted by Crippen LogP contribution is -2.32. The third-order valence-electron chi connectivity index (χ3n) is 2.90. The van der Waals surface area contributed by atoms with Crippen LogP contribution in [0.1, 0.15) is 12.8 Å². The van der Waals surface area contributed by atoms with Gasteiger partial charge in [0.1, 0.15) is 17.9 Å². The molecule has 0 aromatic carbocycles. The molecule has 1 saturated carbocycles. The van der Waals surface area contributed by atoms with Gasteiger partial charge in [0.2, 0.25) is 0 Å². The minimum Gasteiger partial charge on any atom is -0.480 e. The standard InChI is InChI=1S/C12H12N4O2/c17-11(18)7-16(8-1-2-8)10-4-3-9-12(15-10)14-6-5-13-9/h3-6,8H,1-2,7H2,(H,17,18). The Balaban J connectivity index is 1.98. The van der Waals surface area contributed by atoms with E-state index in [0.717, 1.165) is 12.8 Å². The number of carbonyl (C=O) groups is 1. The summed E-state index contributed by atoms with van der Waals surface area (Å²) in [6, 6.07) is 3.92. The molecule has 2 aromatic heterocycles. The van der Waals surface area contributed by atoms with Crippen molar-refractivity contribution in [1.29, 1.82) is 0 Å². The Hall–Kier alpha value is -2.24. The lowest BCUT2D eigenvalue weighted by molar-refractivity contribution is -0.135. The van der Waals surface area contributed by atoms with E-state index in [1.165, 1.54) is 0 Å². The Bertz CT molecular complexity index is 597. The molecule has 0 amide bonds. The van der Waals surface area contributed by atoms with Crippen molar-refractivity contribution in [1.82, 2.24) is 15.0 Å². The molecule has 0 spiro atoms. The van der Waals surface area contributed by atoms with Crippen LogP contribution in [-0.4, -0.2) is 38.6 Å². The van der Waals surface area contributed by atoms with Crippen LogP contribution in [0.2, 0.25) is 0 Å². The Kier molecular flexibility index (Phi) is 2.55. The molecule has 92 valence electrons. The number of nitrogens with zero attached hydrogens (tertiary/aromatic N) is 4. The largest absolute Gasteiger partial charge is 0.480 e. The first kappa shape index (κ1) is 10.9. The van der Waals surface area contributed by atoms with E-state index in [1.807, 2.05) is 11.0 Å². The van der Waals surface area contributed by atoms with Crippen molar-refractivity contribution in [3.05, 3.63) is 24.5 Å². The second-order valence-electron chi connectivity index (χ2n) is 4.32. The van der Waals surface area contributed by atoms with Gasteiger partial charge in [0, 0.05) is 18.4 Å². The number of anilines is 1. The van der Waals surface area contributed by atoms with Crippen molar-refractivity contribution >= 4 is 23.0 Å². The van der Waals surface area contributed by atoms with Gasteiger partial charge in [-0.3, -0.25) is 9.78 Å². The van der Waals surface area contributed by atoms with E-state index in [2.05, 4.69) is 15.0 Å². The van der Waals surface area contributed by atoms with Crippen molar-refractivity contribution in [2.24, 2.45) is 0 Å². The van der Waals surface area contributed by atoms with Crippen molar-refractivity contribution in [3.63, 3.8) is 0 Å². The molecular formula is C12H12N4O2. The lowest BCUT2D eigenvalue weighted by Gasteiger charge is -2.21. The van der Waals surface area contributed by atoms with Crippen molar-refractivity contribution in [2.75, 3.05) is 11.4 Å². The second kappa shape index (κ2) is 4.21. The highest BCUT2D eigenvalue weighted by Crippen LogP contribution is 2.30. The molecule has 18 heavy (non-hydrogen) atoms. The number of fused-ring (bicyclic) bond motifs is 1. The summed E-state index contributed by atoms with van der Waals surface area (Å²) in [5.74, 6) is -0.184. The molecule has 0 saturated heterocycles. The fourth-order valence-corrected chi connectivity index (χ4v) is 1.93. The number of carboxylic acid groups (broad SMARTS) is 1. The number of aromatic nitrogens is 3. The highest BCUT2D eigenvalue weighted by atomic mass is 16.4. The molecule has 0 radical (unpaired) electrons. The summed E-state index contributed by atoms with van der Waals surface area (Å²) in [5.41, 5.74) is 1.26. The van der Waals surface area contributed by atoms with E-state index >= 15 is 0 Å². The van der Waals surface area contributed by atoms with Crippen LogP contribution in [0, 0.1) is 0 Å². The number of hydrogen-bond acceptors (Lipinski definition) is 5. The molecule has 0 aliphatic heterocycles. The quantitative estimate of drug-likeness (QED) is 0.866. The summed E-state index contributed by atoms with van der Waals surface area (Å²) >= 11 is 0.